The molecule has 2 atom stereocenters. The molecule has 3 heteroatoms. The van der Waals surface area contributed by atoms with Gasteiger partial charge in [-0.15, -0.1) is 11.8 Å². The molecule has 0 spiro atoms. The summed E-state index contributed by atoms with van der Waals surface area (Å²) in [5, 5.41) is 9.43. The number of hydrogen-bond acceptors (Lipinski definition) is 3. The summed E-state index contributed by atoms with van der Waals surface area (Å²) < 4.78 is 5.26. The second-order valence-electron chi connectivity index (χ2n) is 3.60. The molecule has 0 bridgehead atoms. The first-order valence-corrected chi connectivity index (χ1v) is 5.98. The molecule has 1 aliphatic rings. The quantitative estimate of drug-likeness (QED) is 0.763. The third-order valence-electron chi connectivity index (χ3n) is 2.64. The van der Waals surface area contributed by atoms with Gasteiger partial charge in [0, 0.05) is 5.25 Å². The summed E-state index contributed by atoms with van der Waals surface area (Å²) >= 11 is 1.86. The lowest BCUT2D eigenvalue weighted by Gasteiger charge is -2.11. The average Bonchev–Trinajstić information content (AvgIpc) is 2.85. The van der Waals surface area contributed by atoms with Gasteiger partial charge in [-0.1, -0.05) is 6.42 Å². The average molecular weight is 207 g/mol. The van der Waals surface area contributed by atoms with E-state index in [0.29, 0.717) is 5.25 Å². The molecule has 1 fully saturated rings. The van der Waals surface area contributed by atoms with Gasteiger partial charge in [0.25, 0.3) is 0 Å². The van der Waals surface area contributed by atoms with Crippen LogP contribution in [0, 0.1) is 17.2 Å². The van der Waals surface area contributed by atoms with Gasteiger partial charge in [0.2, 0.25) is 0 Å². The van der Waals surface area contributed by atoms with Crippen LogP contribution >= 0.6 is 11.8 Å². The third kappa shape index (κ3) is 2.13. The summed E-state index contributed by atoms with van der Waals surface area (Å²) in [6.07, 6.45) is 5.16. The molecule has 0 radical (unpaired) electrons. The topological polar surface area (TPSA) is 36.9 Å². The minimum absolute atomic E-state index is 0.259. The lowest BCUT2D eigenvalue weighted by molar-refractivity contribution is 0.530. The lowest BCUT2D eigenvalue weighted by Crippen LogP contribution is -2.07. The van der Waals surface area contributed by atoms with Gasteiger partial charge in [-0.05, 0) is 25.0 Å². The van der Waals surface area contributed by atoms with Crippen LogP contribution < -0.4 is 0 Å². The highest BCUT2D eigenvalue weighted by molar-refractivity contribution is 7.99. The zero-order valence-corrected chi connectivity index (χ0v) is 8.80. The number of thioether (sulfide) groups is 1. The summed E-state index contributed by atoms with van der Waals surface area (Å²) in [5.74, 6) is 2.17. The van der Waals surface area contributed by atoms with Gasteiger partial charge in [0.05, 0.1) is 24.0 Å². The van der Waals surface area contributed by atoms with Crippen molar-refractivity contribution < 1.29 is 4.42 Å². The van der Waals surface area contributed by atoms with Crippen molar-refractivity contribution in [2.24, 2.45) is 5.92 Å². The Morgan fingerprint density at radius 2 is 2.50 bits per heavy atom. The highest BCUT2D eigenvalue weighted by Gasteiger charge is 2.27. The molecule has 2 unspecified atom stereocenters. The molecule has 0 aromatic carbocycles. The lowest BCUT2D eigenvalue weighted by atomic mass is 10.1. The monoisotopic (exact) mass is 207 g/mol. The minimum atomic E-state index is 0.259. The fourth-order valence-corrected chi connectivity index (χ4v) is 3.16. The molecule has 1 saturated carbocycles. The maximum absolute atomic E-state index is 8.91. The molecular formula is C11H13NOS. The van der Waals surface area contributed by atoms with Crippen LogP contribution in [0.4, 0.5) is 0 Å². The standard InChI is InChI=1S/C11H13NOS/c12-7-9-3-1-5-11(9)14-8-10-4-2-6-13-10/h2,4,6,9,11H,1,3,5,8H2. The number of nitrogens with zero attached hydrogens (tertiary/aromatic N) is 1. The summed E-state index contributed by atoms with van der Waals surface area (Å²) in [6.45, 7) is 0. The van der Waals surface area contributed by atoms with Crippen molar-refractivity contribution in [3.8, 4) is 6.07 Å². The number of hydrogen-bond donors (Lipinski definition) is 0. The van der Waals surface area contributed by atoms with Crippen LogP contribution in [0.25, 0.3) is 0 Å². The summed E-state index contributed by atoms with van der Waals surface area (Å²) in [6, 6.07) is 6.29. The molecule has 2 rings (SSSR count). The smallest absolute Gasteiger partial charge is 0.113 e. The highest BCUT2D eigenvalue weighted by Crippen LogP contribution is 2.36. The van der Waals surface area contributed by atoms with E-state index in [1.807, 2.05) is 23.9 Å². The van der Waals surface area contributed by atoms with Gasteiger partial charge < -0.3 is 4.42 Å². The van der Waals surface area contributed by atoms with Gasteiger partial charge >= 0.3 is 0 Å². The van der Waals surface area contributed by atoms with E-state index in [-0.39, 0.29) is 5.92 Å². The molecule has 0 saturated heterocycles. The molecular weight excluding hydrogens is 194 g/mol. The summed E-state index contributed by atoms with van der Waals surface area (Å²) in [4.78, 5) is 0. The largest absolute Gasteiger partial charge is 0.468 e. The van der Waals surface area contributed by atoms with Gasteiger partial charge in [-0.3, -0.25) is 0 Å². The predicted octanol–water partition coefficient (Wildman–Crippen LogP) is 3.21. The Balaban J connectivity index is 1.83. The second kappa shape index (κ2) is 4.56. The van der Waals surface area contributed by atoms with Crippen LogP contribution in [-0.2, 0) is 5.75 Å². The van der Waals surface area contributed by atoms with Crippen LogP contribution in [0.2, 0.25) is 0 Å². The van der Waals surface area contributed by atoms with Crippen molar-refractivity contribution in [2.45, 2.75) is 30.3 Å². The Labute approximate surface area is 88.3 Å². The van der Waals surface area contributed by atoms with Gasteiger partial charge in [-0.2, -0.15) is 5.26 Å². The van der Waals surface area contributed by atoms with Crippen LogP contribution in [0.1, 0.15) is 25.0 Å². The van der Waals surface area contributed by atoms with Crippen molar-refractivity contribution in [3.63, 3.8) is 0 Å². The zero-order chi connectivity index (χ0) is 9.80. The Kier molecular flexibility index (Phi) is 3.15. The SMILES string of the molecule is N#CC1CCCC1SCc1ccco1. The molecule has 0 N–H and O–H groups in total. The Hall–Kier alpha value is -0.880. The van der Waals surface area contributed by atoms with Crippen molar-refractivity contribution in [1.82, 2.24) is 0 Å². The number of nitriles is 1. The van der Waals surface area contributed by atoms with Gasteiger partial charge in [0.15, 0.2) is 0 Å². The number of rotatable bonds is 3. The highest BCUT2D eigenvalue weighted by atomic mass is 32.2. The van der Waals surface area contributed by atoms with E-state index in [2.05, 4.69) is 6.07 Å². The van der Waals surface area contributed by atoms with Crippen LogP contribution in [0.3, 0.4) is 0 Å². The van der Waals surface area contributed by atoms with E-state index in [4.69, 9.17) is 9.68 Å². The maximum atomic E-state index is 8.91. The molecule has 1 aliphatic carbocycles. The van der Waals surface area contributed by atoms with Gasteiger partial charge in [-0.25, -0.2) is 0 Å². The predicted molar refractivity (Wildman–Crippen MR) is 56.7 cm³/mol. The second-order valence-corrected chi connectivity index (χ2v) is 4.82. The maximum Gasteiger partial charge on any atom is 0.113 e. The normalized spacial score (nSPS) is 26.2. The Morgan fingerprint density at radius 1 is 1.57 bits per heavy atom. The van der Waals surface area contributed by atoms with E-state index < -0.39 is 0 Å². The fourth-order valence-electron chi connectivity index (χ4n) is 1.86. The third-order valence-corrected chi connectivity index (χ3v) is 4.08. The van der Waals surface area contributed by atoms with Crippen molar-refractivity contribution in [1.29, 1.82) is 5.26 Å². The molecule has 1 aromatic heterocycles. The summed E-state index contributed by atoms with van der Waals surface area (Å²) in [7, 11) is 0. The van der Waals surface area contributed by atoms with Crippen LogP contribution in [-0.4, -0.2) is 5.25 Å². The zero-order valence-electron chi connectivity index (χ0n) is 7.98. The molecule has 14 heavy (non-hydrogen) atoms. The molecule has 1 heterocycles. The Morgan fingerprint density at radius 3 is 3.21 bits per heavy atom. The van der Waals surface area contributed by atoms with E-state index in [9.17, 15) is 0 Å². The first-order valence-electron chi connectivity index (χ1n) is 4.94. The van der Waals surface area contributed by atoms with E-state index >= 15 is 0 Å². The molecule has 0 aliphatic heterocycles. The molecule has 1 aromatic rings. The van der Waals surface area contributed by atoms with Crippen LogP contribution in [0.15, 0.2) is 22.8 Å². The Bertz CT molecular complexity index is 315. The van der Waals surface area contributed by atoms with E-state index in [1.165, 1.54) is 12.8 Å². The fraction of sp³-hybridized carbons (Fsp3) is 0.545. The number of furan rings is 1. The van der Waals surface area contributed by atoms with E-state index in [1.54, 1.807) is 6.26 Å². The molecule has 0 amide bonds. The minimum Gasteiger partial charge on any atom is -0.468 e. The molecule has 2 nitrogen and oxygen atoms in total. The molecule has 74 valence electrons. The van der Waals surface area contributed by atoms with E-state index in [0.717, 1.165) is 17.9 Å². The first-order chi connectivity index (χ1) is 6.90. The van der Waals surface area contributed by atoms with Crippen molar-refractivity contribution >= 4 is 11.8 Å². The van der Waals surface area contributed by atoms with Crippen molar-refractivity contribution in [2.75, 3.05) is 0 Å². The van der Waals surface area contributed by atoms with Gasteiger partial charge in [0.1, 0.15) is 5.76 Å². The van der Waals surface area contributed by atoms with Crippen molar-refractivity contribution in [3.05, 3.63) is 24.2 Å². The summed E-state index contributed by atoms with van der Waals surface area (Å²) in [5.41, 5.74) is 0. The van der Waals surface area contributed by atoms with Crippen LogP contribution in [0.5, 0.6) is 0 Å². The first kappa shape index (κ1) is 9.67.